The van der Waals surface area contributed by atoms with Crippen LogP contribution in [0.2, 0.25) is 0 Å². The van der Waals surface area contributed by atoms with Crippen molar-refractivity contribution in [2.45, 2.75) is 33.2 Å². The lowest BCUT2D eigenvalue weighted by Crippen LogP contribution is -2.50. The second kappa shape index (κ2) is 8.02. The summed E-state index contributed by atoms with van der Waals surface area (Å²) in [6.45, 7) is 6.32. The molecule has 0 saturated carbocycles. The molecule has 156 valence electrons. The van der Waals surface area contributed by atoms with Crippen LogP contribution in [-0.2, 0) is 4.79 Å². The number of Topliss-reactive ketones (excluding diaryl/α,β-unsaturated/α-hetero) is 1. The molecule has 0 aliphatic carbocycles. The van der Waals surface area contributed by atoms with Crippen molar-refractivity contribution in [3.8, 4) is 0 Å². The molecule has 0 spiro atoms. The number of carbonyl (C=O) groups is 2. The van der Waals surface area contributed by atoms with Gasteiger partial charge in [0.1, 0.15) is 16.3 Å². The van der Waals surface area contributed by atoms with Crippen LogP contribution >= 0.6 is 11.3 Å². The summed E-state index contributed by atoms with van der Waals surface area (Å²) in [5.41, 5.74) is 1.37. The Labute approximate surface area is 176 Å². The number of fused-ring (bicyclic) bond motifs is 1. The minimum atomic E-state index is -0.429. The molecule has 4 heterocycles. The summed E-state index contributed by atoms with van der Waals surface area (Å²) in [6, 6.07) is 1.06. The smallest absolute Gasteiger partial charge is 0.274 e. The van der Waals surface area contributed by atoms with E-state index < -0.39 is 5.82 Å². The first kappa shape index (κ1) is 20.3. The van der Waals surface area contributed by atoms with Crippen LogP contribution in [-0.4, -0.2) is 49.6 Å². The minimum absolute atomic E-state index is 0.127. The first-order valence-corrected chi connectivity index (χ1v) is 10.4. The van der Waals surface area contributed by atoms with Crippen LogP contribution in [0, 0.1) is 18.7 Å². The Bertz CT molecular complexity index is 1130. The summed E-state index contributed by atoms with van der Waals surface area (Å²) in [5, 5.41) is 3.90. The molecule has 4 rings (SSSR count). The SMILES string of the molecule is CC(=O)CC1CN(C(=O)c2nc(N[C@@H](C)c3cncc(F)c3)nc3nc(C)sc23)C1. The molecule has 0 radical (unpaired) electrons. The van der Waals surface area contributed by atoms with Gasteiger partial charge in [-0.25, -0.2) is 14.4 Å². The third-order valence-corrected chi connectivity index (χ3v) is 5.92. The van der Waals surface area contributed by atoms with Crippen LogP contribution in [0.3, 0.4) is 0 Å². The van der Waals surface area contributed by atoms with Crippen LogP contribution in [0.1, 0.15) is 47.4 Å². The Balaban J connectivity index is 1.60. The molecule has 3 aromatic rings. The molecule has 1 aliphatic heterocycles. The topological polar surface area (TPSA) is 101 Å². The van der Waals surface area contributed by atoms with Gasteiger partial charge in [-0.2, -0.15) is 4.98 Å². The molecule has 8 nitrogen and oxygen atoms in total. The molecule has 1 fully saturated rings. The fourth-order valence-electron chi connectivity index (χ4n) is 3.50. The highest BCUT2D eigenvalue weighted by molar-refractivity contribution is 7.18. The maximum absolute atomic E-state index is 13.5. The lowest BCUT2D eigenvalue weighted by atomic mass is 9.94. The Morgan fingerprint density at radius 2 is 2.07 bits per heavy atom. The van der Waals surface area contributed by atoms with Gasteiger partial charge in [0.05, 0.1) is 17.2 Å². The summed E-state index contributed by atoms with van der Waals surface area (Å²) in [7, 11) is 0. The molecule has 1 aliphatic rings. The minimum Gasteiger partial charge on any atom is -0.348 e. The van der Waals surface area contributed by atoms with E-state index in [4.69, 9.17) is 0 Å². The number of carbonyl (C=O) groups excluding carboxylic acids is 2. The maximum Gasteiger partial charge on any atom is 0.274 e. The highest BCUT2D eigenvalue weighted by Gasteiger charge is 2.34. The summed E-state index contributed by atoms with van der Waals surface area (Å²) < 4.78 is 14.1. The summed E-state index contributed by atoms with van der Waals surface area (Å²) >= 11 is 1.37. The molecule has 1 saturated heterocycles. The number of aryl methyl sites for hydroxylation is 1. The number of nitrogens with zero attached hydrogens (tertiary/aromatic N) is 5. The molecule has 3 aromatic heterocycles. The number of anilines is 1. The Morgan fingerprint density at radius 1 is 1.30 bits per heavy atom. The van der Waals surface area contributed by atoms with Crippen molar-refractivity contribution in [1.29, 1.82) is 0 Å². The fraction of sp³-hybridized carbons (Fsp3) is 0.400. The van der Waals surface area contributed by atoms with Gasteiger partial charge in [0.2, 0.25) is 5.95 Å². The number of rotatable bonds is 6. The van der Waals surface area contributed by atoms with Gasteiger partial charge in [0, 0.05) is 31.6 Å². The molecule has 0 unspecified atom stereocenters. The van der Waals surface area contributed by atoms with Crippen LogP contribution in [0.5, 0.6) is 0 Å². The van der Waals surface area contributed by atoms with Crippen LogP contribution < -0.4 is 5.32 Å². The summed E-state index contributed by atoms with van der Waals surface area (Å²) in [5.74, 6) is -0.0592. The van der Waals surface area contributed by atoms with Gasteiger partial charge in [0.15, 0.2) is 11.3 Å². The number of halogens is 1. The molecule has 30 heavy (non-hydrogen) atoms. The van der Waals surface area contributed by atoms with Crippen molar-refractivity contribution in [3.05, 3.63) is 40.5 Å². The van der Waals surface area contributed by atoms with Crippen molar-refractivity contribution in [2.24, 2.45) is 5.92 Å². The third kappa shape index (κ3) is 4.13. The molecule has 10 heteroatoms. The van der Waals surface area contributed by atoms with Crippen LogP contribution in [0.4, 0.5) is 10.3 Å². The van der Waals surface area contributed by atoms with Crippen molar-refractivity contribution in [2.75, 3.05) is 18.4 Å². The zero-order chi connectivity index (χ0) is 21.4. The summed E-state index contributed by atoms with van der Waals surface area (Å²) in [6.07, 6.45) is 3.18. The van der Waals surface area contributed by atoms with Crippen molar-refractivity contribution in [1.82, 2.24) is 24.8 Å². The van der Waals surface area contributed by atoms with E-state index in [-0.39, 0.29) is 29.6 Å². The number of thiazole rings is 1. The number of hydrogen-bond acceptors (Lipinski definition) is 8. The molecular formula is C20H21FN6O2S. The molecule has 0 aromatic carbocycles. The van der Waals surface area contributed by atoms with Crippen LogP contribution in [0.15, 0.2) is 18.5 Å². The number of pyridine rings is 1. The zero-order valence-corrected chi connectivity index (χ0v) is 17.7. The monoisotopic (exact) mass is 428 g/mol. The van der Waals surface area contributed by atoms with Gasteiger partial charge >= 0.3 is 0 Å². The van der Waals surface area contributed by atoms with E-state index in [1.807, 2.05) is 13.8 Å². The van der Waals surface area contributed by atoms with E-state index in [1.165, 1.54) is 17.4 Å². The zero-order valence-electron chi connectivity index (χ0n) is 16.8. The number of likely N-dealkylation sites (tertiary alicyclic amines) is 1. The number of amides is 1. The fourth-order valence-corrected chi connectivity index (χ4v) is 4.34. The number of ketones is 1. The van der Waals surface area contributed by atoms with Crippen LogP contribution in [0.25, 0.3) is 10.3 Å². The predicted octanol–water partition coefficient (Wildman–Crippen LogP) is 3.15. The van der Waals surface area contributed by atoms with Gasteiger partial charge in [0.25, 0.3) is 5.91 Å². The first-order valence-electron chi connectivity index (χ1n) is 9.61. The predicted molar refractivity (Wildman–Crippen MR) is 111 cm³/mol. The Hall–Kier alpha value is -3.01. The van der Waals surface area contributed by atoms with Gasteiger partial charge < -0.3 is 15.0 Å². The van der Waals surface area contributed by atoms with E-state index in [9.17, 15) is 14.0 Å². The molecule has 1 amide bonds. The van der Waals surface area contributed by atoms with Gasteiger partial charge in [-0.1, -0.05) is 0 Å². The number of nitrogens with one attached hydrogen (secondary N) is 1. The van der Waals surface area contributed by atoms with Gasteiger partial charge in [-0.3, -0.25) is 9.78 Å². The van der Waals surface area contributed by atoms with E-state index in [0.717, 1.165) is 11.2 Å². The number of hydrogen-bond donors (Lipinski definition) is 1. The van der Waals surface area contributed by atoms with Gasteiger partial charge in [-0.05, 0) is 32.4 Å². The average Bonchev–Trinajstić information content (AvgIpc) is 3.03. The molecule has 1 N–H and O–H groups in total. The lowest BCUT2D eigenvalue weighted by molar-refractivity contribution is -0.118. The normalized spacial score (nSPS) is 15.1. The Morgan fingerprint density at radius 3 is 2.77 bits per heavy atom. The van der Waals surface area contributed by atoms with E-state index in [1.54, 1.807) is 18.0 Å². The highest BCUT2D eigenvalue weighted by atomic mass is 32.1. The standard InChI is InChI=1S/C20H21FN6O2S/c1-10(28)4-13-8-27(9-13)19(29)16-17-18(24-12(3)30-17)26-20(25-16)23-11(2)14-5-15(21)7-22-6-14/h5-7,11,13H,4,8-9H2,1-3H3,(H,23,25,26)/t11-/m0/s1. The highest BCUT2D eigenvalue weighted by Crippen LogP contribution is 2.29. The third-order valence-electron chi connectivity index (χ3n) is 4.96. The van der Waals surface area contributed by atoms with E-state index in [0.29, 0.717) is 41.1 Å². The van der Waals surface area contributed by atoms with Crippen molar-refractivity contribution in [3.63, 3.8) is 0 Å². The van der Waals surface area contributed by atoms with Crippen molar-refractivity contribution >= 4 is 39.3 Å². The van der Waals surface area contributed by atoms with Crippen molar-refractivity contribution < 1.29 is 14.0 Å². The van der Waals surface area contributed by atoms with Gasteiger partial charge in [-0.15, -0.1) is 11.3 Å². The van der Waals surface area contributed by atoms with E-state index in [2.05, 4.69) is 25.3 Å². The Kier molecular flexibility index (Phi) is 5.42. The largest absolute Gasteiger partial charge is 0.348 e. The lowest BCUT2D eigenvalue weighted by Gasteiger charge is -2.38. The second-order valence-electron chi connectivity index (χ2n) is 7.57. The maximum atomic E-state index is 13.5. The number of aromatic nitrogens is 4. The first-order chi connectivity index (χ1) is 14.3. The second-order valence-corrected chi connectivity index (χ2v) is 8.77. The average molecular weight is 428 g/mol. The van der Waals surface area contributed by atoms with E-state index >= 15 is 0 Å². The quantitative estimate of drug-likeness (QED) is 0.644. The summed E-state index contributed by atoms with van der Waals surface area (Å²) in [4.78, 5) is 43.2. The molecular weight excluding hydrogens is 407 g/mol. The molecule has 1 atom stereocenters. The molecule has 0 bridgehead atoms.